The molecule has 0 N–H and O–H groups in total. The third-order valence-corrected chi connectivity index (χ3v) is 7.73. The van der Waals surface area contributed by atoms with Crippen molar-refractivity contribution in [3.05, 3.63) is 77.0 Å². The quantitative estimate of drug-likeness (QED) is 0.394. The molecule has 1 aliphatic rings. The van der Waals surface area contributed by atoms with Gasteiger partial charge in [0.05, 0.1) is 12.8 Å². The molecule has 3 aromatic rings. The molecule has 1 heterocycles. The monoisotopic (exact) mass is 439 g/mol. The molecule has 6 nitrogen and oxygen atoms in total. The second-order valence-electron chi connectivity index (χ2n) is 7.43. The summed E-state index contributed by atoms with van der Waals surface area (Å²) in [5, 5.41) is 0. The van der Waals surface area contributed by atoms with E-state index in [1.807, 2.05) is 42.5 Å². The van der Waals surface area contributed by atoms with E-state index in [-0.39, 0.29) is 5.78 Å². The van der Waals surface area contributed by atoms with Crippen molar-refractivity contribution in [2.24, 2.45) is 0 Å². The number of rotatable bonds is 7. The predicted molar refractivity (Wildman–Crippen MR) is 120 cm³/mol. The summed E-state index contributed by atoms with van der Waals surface area (Å²) in [6.07, 6.45) is 3.39. The molecule has 1 aromatic heterocycles. The average molecular weight is 439 g/mol. The highest BCUT2D eigenvalue weighted by Crippen LogP contribution is 2.49. The van der Waals surface area contributed by atoms with Gasteiger partial charge in [-0.1, -0.05) is 30.3 Å². The number of methoxy groups -OCH3 is 1. The van der Waals surface area contributed by atoms with E-state index >= 15 is 0 Å². The molecule has 0 atom stereocenters. The Morgan fingerprint density at radius 1 is 0.871 bits per heavy atom. The van der Waals surface area contributed by atoms with Gasteiger partial charge in [-0.3, -0.25) is 13.9 Å². The molecule has 0 unspecified atom stereocenters. The van der Waals surface area contributed by atoms with Crippen molar-refractivity contribution in [3.63, 3.8) is 0 Å². The van der Waals surface area contributed by atoms with Crippen LogP contribution in [0.3, 0.4) is 0 Å². The number of nitrogens with zero attached hydrogens (tertiary/aromatic N) is 1. The van der Waals surface area contributed by atoms with E-state index in [0.717, 1.165) is 36.8 Å². The van der Waals surface area contributed by atoms with Crippen LogP contribution in [0.2, 0.25) is 0 Å². The van der Waals surface area contributed by atoms with Crippen LogP contribution in [0, 0.1) is 0 Å². The second kappa shape index (κ2) is 8.83. The minimum Gasteiger partial charge on any atom is -0.497 e. The number of carbonyl (C=O) groups is 1. The number of hydrogen-bond acceptors (Lipinski definition) is 5. The number of carbonyl (C=O) groups excluding carboxylic acids is 1. The van der Waals surface area contributed by atoms with Crippen molar-refractivity contribution < 1.29 is 23.1 Å². The first-order valence-corrected chi connectivity index (χ1v) is 11.8. The lowest BCUT2D eigenvalue weighted by Crippen LogP contribution is -2.24. The normalized spacial score (nSPS) is 13.6. The van der Waals surface area contributed by atoms with Crippen molar-refractivity contribution >= 4 is 18.8 Å². The van der Waals surface area contributed by atoms with Crippen LogP contribution in [-0.2, 0) is 26.5 Å². The minimum atomic E-state index is -3.65. The fourth-order valence-electron chi connectivity index (χ4n) is 4.27. The van der Waals surface area contributed by atoms with Crippen LogP contribution in [0.1, 0.15) is 40.0 Å². The molecule has 1 aliphatic carbocycles. The molecule has 0 radical (unpaired) electrons. The zero-order chi connectivity index (χ0) is 22.0. The summed E-state index contributed by atoms with van der Waals surface area (Å²) in [6, 6.07) is 16.5. The van der Waals surface area contributed by atoms with Crippen molar-refractivity contribution in [1.82, 2.24) is 4.57 Å². The largest absolute Gasteiger partial charge is 0.497 e. The standard InChI is InChI=1S/C24H26NO5P/c1-28-19-15-13-18(14-16-19)25-22(23(26)17-9-5-4-6-10-17)20-11-7-8-12-21(20)24(25)31(27,29-2)30-3/h4-6,9-10,13-16H,7-8,11-12H2,1-3H3. The average Bonchev–Trinajstić information content (AvgIpc) is 3.19. The van der Waals surface area contributed by atoms with Crippen molar-refractivity contribution in [2.45, 2.75) is 25.7 Å². The summed E-state index contributed by atoms with van der Waals surface area (Å²) in [6.45, 7) is 0. The first-order chi connectivity index (χ1) is 15.0. The molecular formula is C24H26NO5P. The van der Waals surface area contributed by atoms with Crippen LogP contribution in [0.25, 0.3) is 5.69 Å². The first-order valence-electron chi connectivity index (χ1n) is 10.3. The van der Waals surface area contributed by atoms with Crippen LogP contribution in [0.4, 0.5) is 0 Å². The lowest BCUT2D eigenvalue weighted by molar-refractivity contribution is 0.103. The SMILES string of the molecule is COc1ccc(-n2c(C(=O)c3ccccc3)c3c(c2P(=O)(OC)OC)CCCC3)cc1. The Kier molecular flexibility index (Phi) is 6.15. The van der Waals surface area contributed by atoms with Crippen molar-refractivity contribution in [3.8, 4) is 11.4 Å². The molecule has 7 heteroatoms. The van der Waals surface area contributed by atoms with Crippen molar-refractivity contribution in [2.75, 3.05) is 21.3 Å². The van der Waals surface area contributed by atoms with Crippen LogP contribution < -0.4 is 10.2 Å². The Morgan fingerprint density at radius 2 is 1.48 bits per heavy atom. The summed E-state index contributed by atoms with van der Waals surface area (Å²) in [7, 11) is 0.711. The van der Waals surface area contributed by atoms with Crippen LogP contribution in [-0.4, -0.2) is 31.7 Å². The van der Waals surface area contributed by atoms with E-state index in [4.69, 9.17) is 13.8 Å². The lowest BCUT2D eigenvalue weighted by Gasteiger charge is -2.20. The van der Waals surface area contributed by atoms with Crippen LogP contribution in [0.15, 0.2) is 54.6 Å². The van der Waals surface area contributed by atoms with Crippen LogP contribution >= 0.6 is 7.60 Å². The molecule has 0 saturated carbocycles. The van der Waals surface area contributed by atoms with Gasteiger partial charge < -0.3 is 13.8 Å². The highest BCUT2D eigenvalue weighted by molar-refractivity contribution is 7.62. The third-order valence-electron chi connectivity index (χ3n) is 5.78. The molecule has 0 bridgehead atoms. The fourth-order valence-corrected chi connectivity index (χ4v) is 5.80. The number of ketones is 1. The van der Waals surface area contributed by atoms with E-state index in [1.54, 1.807) is 23.8 Å². The Hall–Kier alpha value is -2.66. The predicted octanol–water partition coefficient (Wildman–Crippen LogP) is 4.71. The van der Waals surface area contributed by atoms with E-state index in [1.165, 1.54) is 14.2 Å². The molecule has 0 saturated heterocycles. The van der Waals surface area contributed by atoms with Gasteiger partial charge in [-0.05, 0) is 61.1 Å². The molecule has 31 heavy (non-hydrogen) atoms. The summed E-state index contributed by atoms with van der Waals surface area (Å²) in [5.41, 5.74) is 4.08. The molecule has 0 amide bonds. The van der Waals surface area contributed by atoms with Gasteiger partial charge in [0.1, 0.15) is 11.2 Å². The van der Waals surface area contributed by atoms with E-state index in [0.29, 0.717) is 28.1 Å². The maximum Gasteiger partial charge on any atom is 0.377 e. The van der Waals surface area contributed by atoms with Gasteiger partial charge in [0, 0.05) is 25.5 Å². The minimum absolute atomic E-state index is 0.112. The van der Waals surface area contributed by atoms with Gasteiger partial charge in [0.2, 0.25) is 5.78 Å². The molecule has 162 valence electrons. The van der Waals surface area contributed by atoms with E-state index < -0.39 is 7.60 Å². The van der Waals surface area contributed by atoms with Gasteiger partial charge in [-0.2, -0.15) is 0 Å². The zero-order valence-electron chi connectivity index (χ0n) is 18.0. The zero-order valence-corrected chi connectivity index (χ0v) is 18.9. The smallest absolute Gasteiger partial charge is 0.377 e. The Labute approximate surface area is 182 Å². The highest BCUT2D eigenvalue weighted by atomic mass is 31.2. The van der Waals surface area contributed by atoms with E-state index in [9.17, 15) is 9.36 Å². The van der Waals surface area contributed by atoms with Gasteiger partial charge >= 0.3 is 7.60 Å². The second-order valence-corrected chi connectivity index (χ2v) is 9.58. The van der Waals surface area contributed by atoms with Gasteiger partial charge in [-0.15, -0.1) is 0 Å². The molecule has 0 spiro atoms. The molecule has 4 rings (SSSR count). The van der Waals surface area contributed by atoms with Gasteiger partial charge in [0.25, 0.3) is 0 Å². The van der Waals surface area contributed by atoms with Gasteiger partial charge in [0.15, 0.2) is 0 Å². The topological polar surface area (TPSA) is 66.8 Å². The summed E-state index contributed by atoms with van der Waals surface area (Å²) in [5.74, 6) is 0.583. The molecular weight excluding hydrogens is 413 g/mol. The highest BCUT2D eigenvalue weighted by Gasteiger charge is 2.39. The lowest BCUT2D eigenvalue weighted by atomic mass is 9.91. The van der Waals surface area contributed by atoms with Gasteiger partial charge in [-0.25, -0.2) is 0 Å². The first kappa shape index (κ1) is 21.6. The molecule has 0 fully saturated rings. The van der Waals surface area contributed by atoms with E-state index in [2.05, 4.69) is 0 Å². The Balaban J connectivity index is 2.06. The Bertz CT molecular complexity index is 1130. The third kappa shape index (κ3) is 3.76. The molecule has 0 aliphatic heterocycles. The summed E-state index contributed by atoms with van der Waals surface area (Å²) in [4.78, 5) is 13.7. The summed E-state index contributed by atoms with van der Waals surface area (Å²) < 4.78 is 31.6. The number of ether oxygens (including phenoxy) is 1. The number of hydrogen-bond donors (Lipinski definition) is 0. The molecule has 2 aromatic carbocycles. The number of aromatic nitrogens is 1. The maximum atomic E-state index is 13.7. The Morgan fingerprint density at radius 3 is 2.06 bits per heavy atom. The van der Waals surface area contributed by atoms with Crippen LogP contribution in [0.5, 0.6) is 5.75 Å². The van der Waals surface area contributed by atoms with Crippen molar-refractivity contribution in [1.29, 1.82) is 0 Å². The number of benzene rings is 2. The number of fused-ring (bicyclic) bond motifs is 1. The fraction of sp³-hybridized carbons (Fsp3) is 0.292. The summed E-state index contributed by atoms with van der Waals surface area (Å²) >= 11 is 0. The maximum absolute atomic E-state index is 13.7.